The van der Waals surface area contributed by atoms with Crippen LogP contribution in [0, 0.1) is 11.3 Å². The van der Waals surface area contributed by atoms with E-state index in [0.29, 0.717) is 13.0 Å². The van der Waals surface area contributed by atoms with Crippen LogP contribution in [0.1, 0.15) is 58.8 Å². The van der Waals surface area contributed by atoms with Gasteiger partial charge < -0.3 is 16.8 Å². The van der Waals surface area contributed by atoms with Crippen molar-refractivity contribution in [3.8, 4) is 0 Å². The molecule has 0 aromatic carbocycles. The summed E-state index contributed by atoms with van der Waals surface area (Å²) in [5.74, 6) is 0.191. The van der Waals surface area contributed by atoms with Crippen LogP contribution in [0.15, 0.2) is 0 Å². The molecular weight excluding hydrogens is 240 g/mol. The number of hydrogen-bond acceptors (Lipinski definition) is 3. The quantitative estimate of drug-likeness (QED) is 0.261. The minimum atomic E-state index is -0.380. The van der Waals surface area contributed by atoms with Crippen LogP contribution in [-0.2, 0) is 4.79 Å². The van der Waals surface area contributed by atoms with Gasteiger partial charge >= 0.3 is 0 Å². The van der Waals surface area contributed by atoms with Crippen molar-refractivity contribution in [1.82, 2.24) is 5.32 Å². The third-order valence-corrected chi connectivity index (χ3v) is 3.35. The molecule has 6 N–H and O–H groups in total. The largest absolute Gasteiger partial charge is 0.370 e. The molecule has 5 nitrogen and oxygen atoms in total. The summed E-state index contributed by atoms with van der Waals surface area (Å²) < 4.78 is 0. The third-order valence-electron chi connectivity index (χ3n) is 3.35. The highest BCUT2D eigenvalue weighted by Crippen LogP contribution is 2.13. The lowest BCUT2D eigenvalue weighted by atomic mass is 9.92. The summed E-state index contributed by atoms with van der Waals surface area (Å²) in [6.45, 7) is 4.75. The van der Waals surface area contributed by atoms with Crippen LogP contribution in [0.25, 0.3) is 0 Å². The van der Waals surface area contributed by atoms with Crippen LogP contribution < -0.4 is 16.8 Å². The highest BCUT2D eigenvalue weighted by atomic mass is 16.1. The second-order valence-corrected chi connectivity index (χ2v) is 5.24. The zero-order valence-electron chi connectivity index (χ0n) is 12.4. The van der Waals surface area contributed by atoms with Crippen LogP contribution in [0.5, 0.6) is 0 Å². The van der Waals surface area contributed by atoms with Gasteiger partial charge in [0.15, 0.2) is 11.7 Å². The molecule has 0 saturated heterocycles. The molecule has 0 aromatic heterocycles. The van der Waals surface area contributed by atoms with E-state index >= 15 is 0 Å². The molecule has 0 aromatic rings. The van der Waals surface area contributed by atoms with Crippen LogP contribution >= 0.6 is 0 Å². The number of nitrogens with one attached hydrogen (secondary N) is 2. The van der Waals surface area contributed by atoms with E-state index in [1.54, 1.807) is 0 Å². The van der Waals surface area contributed by atoms with Gasteiger partial charge in [-0.15, -0.1) is 0 Å². The van der Waals surface area contributed by atoms with E-state index in [4.69, 9.17) is 16.9 Å². The zero-order chi connectivity index (χ0) is 14.7. The summed E-state index contributed by atoms with van der Waals surface area (Å²) in [7, 11) is 0. The van der Waals surface area contributed by atoms with Crippen molar-refractivity contribution in [2.75, 3.05) is 6.54 Å². The van der Waals surface area contributed by atoms with Gasteiger partial charge in [0.2, 0.25) is 0 Å². The van der Waals surface area contributed by atoms with Gasteiger partial charge in [0.25, 0.3) is 0 Å². The zero-order valence-corrected chi connectivity index (χ0v) is 12.4. The first kappa shape index (κ1) is 17.9. The Labute approximate surface area is 117 Å². The second kappa shape index (κ2) is 10.8. The summed E-state index contributed by atoms with van der Waals surface area (Å²) in [5, 5.41) is 9.72. The molecule has 0 bridgehead atoms. The average molecular weight is 270 g/mol. The lowest BCUT2D eigenvalue weighted by molar-refractivity contribution is -0.124. The molecule has 5 heteroatoms. The molecule has 0 radical (unpaired) electrons. The molecule has 0 fully saturated rings. The number of guanidine groups is 1. The highest BCUT2D eigenvalue weighted by Gasteiger charge is 2.19. The molecule has 0 heterocycles. The van der Waals surface area contributed by atoms with Gasteiger partial charge in [-0.05, 0) is 19.3 Å². The highest BCUT2D eigenvalue weighted by molar-refractivity contribution is 5.85. The number of nitrogens with two attached hydrogens (primary N) is 2. The number of ketones is 1. The number of Topliss-reactive ketones (excluding diaryl/α,β-unsaturated/α-hetero) is 1. The Morgan fingerprint density at radius 3 is 2.47 bits per heavy atom. The Kier molecular flexibility index (Phi) is 10.2. The molecule has 0 aliphatic rings. The van der Waals surface area contributed by atoms with Crippen molar-refractivity contribution < 1.29 is 4.79 Å². The predicted molar refractivity (Wildman–Crippen MR) is 80.1 cm³/mol. The van der Waals surface area contributed by atoms with Gasteiger partial charge in [-0.25, -0.2) is 0 Å². The van der Waals surface area contributed by atoms with Gasteiger partial charge in [0.1, 0.15) is 0 Å². The van der Waals surface area contributed by atoms with Crippen molar-refractivity contribution >= 4 is 11.7 Å². The molecule has 1 unspecified atom stereocenters. The second-order valence-electron chi connectivity index (χ2n) is 5.24. The SMILES string of the molecule is CCCCCCC(C)C(=O)[C@H](N)CCCNC(=N)N. The maximum absolute atomic E-state index is 12.0. The minimum Gasteiger partial charge on any atom is -0.370 e. The maximum atomic E-state index is 12.0. The lowest BCUT2D eigenvalue weighted by Gasteiger charge is -2.16. The first-order valence-electron chi connectivity index (χ1n) is 7.36. The van der Waals surface area contributed by atoms with Gasteiger partial charge in [0, 0.05) is 12.5 Å². The van der Waals surface area contributed by atoms with E-state index in [1.807, 2.05) is 6.92 Å². The first-order chi connectivity index (χ1) is 8.99. The van der Waals surface area contributed by atoms with E-state index in [9.17, 15) is 4.79 Å². The fourth-order valence-corrected chi connectivity index (χ4v) is 2.07. The predicted octanol–water partition coefficient (Wildman–Crippen LogP) is 1.75. The monoisotopic (exact) mass is 270 g/mol. The molecular formula is C14H30N4O. The fourth-order valence-electron chi connectivity index (χ4n) is 2.07. The van der Waals surface area contributed by atoms with E-state index in [0.717, 1.165) is 19.3 Å². The maximum Gasteiger partial charge on any atom is 0.185 e. The standard InChI is InChI=1S/C14H30N4O/c1-3-4-5-6-8-11(2)13(19)12(15)9-7-10-18-14(16)17/h11-12H,3-10,15H2,1-2H3,(H4,16,17,18)/t11?,12-/m1/s1. The van der Waals surface area contributed by atoms with Gasteiger partial charge in [-0.1, -0.05) is 39.5 Å². The van der Waals surface area contributed by atoms with Gasteiger partial charge in [0.05, 0.1) is 6.04 Å². The average Bonchev–Trinajstić information content (AvgIpc) is 2.38. The molecule has 19 heavy (non-hydrogen) atoms. The molecule has 0 saturated carbocycles. The van der Waals surface area contributed by atoms with Crippen molar-refractivity contribution in [2.24, 2.45) is 17.4 Å². The molecule has 0 aliphatic heterocycles. The molecule has 0 spiro atoms. The smallest absolute Gasteiger partial charge is 0.185 e. The van der Waals surface area contributed by atoms with Crippen LogP contribution in [0.2, 0.25) is 0 Å². The van der Waals surface area contributed by atoms with E-state index in [2.05, 4.69) is 12.2 Å². The minimum absolute atomic E-state index is 0.0378. The summed E-state index contributed by atoms with van der Waals surface area (Å²) in [6.07, 6.45) is 7.12. The van der Waals surface area contributed by atoms with E-state index < -0.39 is 0 Å². The van der Waals surface area contributed by atoms with Crippen molar-refractivity contribution in [3.05, 3.63) is 0 Å². The number of carbonyl (C=O) groups is 1. The Balaban J connectivity index is 3.74. The normalized spacial score (nSPS) is 13.8. The Bertz CT molecular complexity index is 268. The van der Waals surface area contributed by atoms with Crippen molar-refractivity contribution in [2.45, 2.75) is 64.8 Å². The fraction of sp³-hybridized carbons (Fsp3) is 0.857. The van der Waals surface area contributed by atoms with Crippen molar-refractivity contribution in [1.29, 1.82) is 5.41 Å². The van der Waals surface area contributed by atoms with E-state index in [1.165, 1.54) is 19.3 Å². The van der Waals surface area contributed by atoms with Crippen LogP contribution in [0.4, 0.5) is 0 Å². The summed E-state index contributed by atoms with van der Waals surface area (Å²) in [4.78, 5) is 12.0. The molecule has 0 aliphatic carbocycles. The lowest BCUT2D eigenvalue weighted by Crippen LogP contribution is -2.36. The number of carbonyl (C=O) groups excluding carboxylic acids is 1. The van der Waals surface area contributed by atoms with Crippen LogP contribution in [-0.4, -0.2) is 24.3 Å². The van der Waals surface area contributed by atoms with Gasteiger partial charge in [-0.3, -0.25) is 10.2 Å². The molecule has 0 amide bonds. The molecule has 2 atom stereocenters. The first-order valence-corrected chi connectivity index (χ1v) is 7.36. The number of rotatable bonds is 11. The Hall–Kier alpha value is -1.10. The number of unbranched alkanes of at least 4 members (excludes halogenated alkanes) is 3. The summed E-state index contributed by atoms with van der Waals surface area (Å²) in [6, 6.07) is -0.380. The third kappa shape index (κ3) is 9.47. The topological polar surface area (TPSA) is 105 Å². The Morgan fingerprint density at radius 1 is 1.21 bits per heavy atom. The van der Waals surface area contributed by atoms with Crippen LogP contribution in [0.3, 0.4) is 0 Å². The Morgan fingerprint density at radius 2 is 1.89 bits per heavy atom. The summed E-state index contributed by atoms with van der Waals surface area (Å²) in [5.41, 5.74) is 11.1. The summed E-state index contributed by atoms with van der Waals surface area (Å²) >= 11 is 0. The van der Waals surface area contributed by atoms with Gasteiger partial charge in [-0.2, -0.15) is 0 Å². The number of hydrogen-bond donors (Lipinski definition) is 4. The van der Waals surface area contributed by atoms with E-state index in [-0.39, 0.29) is 23.7 Å². The van der Waals surface area contributed by atoms with Crippen molar-refractivity contribution in [3.63, 3.8) is 0 Å². The molecule has 112 valence electrons. The molecule has 0 rings (SSSR count).